The number of carbonyl (C=O) groups excluding carboxylic acids is 1. The molecule has 0 saturated heterocycles. The van der Waals surface area contributed by atoms with Crippen molar-refractivity contribution < 1.29 is 17.9 Å². The van der Waals surface area contributed by atoms with Gasteiger partial charge in [0.25, 0.3) is 0 Å². The second-order valence-corrected chi connectivity index (χ2v) is 8.02. The predicted molar refractivity (Wildman–Crippen MR) is 86.9 cm³/mol. The van der Waals surface area contributed by atoms with Crippen LogP contribution in [0.1, 0.15) is 27.2 Å². The van der Waals surface area contributed by atoms with Gasteiger partial charge in [-0.3, -0.25) is 0 Å². The maximum atomic E-state index is 11.4. The van der Waals surface area contributed by atoms with E-state index in [2.05, 4.69) is 10.6 Å². The summed E-state index contributed by atoms with van der Waals surface area (Å²) in [6.07, 6.45) is 1.48. The van der Waals surface area contributed by atoms with Crippen molar-refractivity contribution in [2.75, 3.05) is 24.7 Å². The lowest BCUT2D eigenvalue weighted by atomic mass is 10.2. The van der Waals surface area contributed by atoms with Crippen molar-refractivity contribution >= 4 is 21.6 Å². The van der Waals surface area contributed by atoms with Crippen molar-refractivity contribution in [1.82, 2.24) is 5.32 Å². The second-order valence-electron chi connectivity index (χ2n) is 6.01. The fraction of sp³-hybridized carbons (Fsp3) is 0.533. The maximum Gasteiger partial charge on any atom is 0.407 e. The monoisotopic (exact) mass is 328 g/mol. The number of anilines is 1. The summed E-state index contributed by atoms with van der Waals surface area (Å²) in [5, 5.41) is 5.83. The lowest BCUT2D eigenvalue weighted by Crippen LogP contribution is -2.33. The Kier molecular flexibility index (Phi) is 6.22. The molecule has 0 aromatic heterocycles. The van der Waals surface area contributed by atoms with E-state index >= 15 is 0 Å². The van der Waals surface area contributed by atoms with Gasteiger partial charge in [-0.1, -0.05) is 0 Å². The second kappa shape index (κ2) is 7.49. The zero-order valence-electron chi connectivity index (χ0n) is 13.5. The molecular formula is C15H24N2O4S. The van der Waals surface area contributed by atoms with Crippen LogP contribution < -0.4 is 10.6 Å². The number of ether oxygens (including phenoxy) is 1. The molecule has 0 aliphatic carbocycles. The first-order chi connectivity index (χ1) is 10.1. The van der Waals surface area contributed by atoms with E-state index in [1.54, 1.807) is 24.3 Å². The van der Waals surface area contributed by atoms with Crippen LogP contribution in [-0.2, 0) is 14.6 Å². The van der Waals surface area contributed by atoms with Gasteiger partial charge in [-0.2, -0.15) is 0 Å². The average Bonchev–Trinajstić information content (AvgIpc) is 2.35. The van der Waals surface area contributed by atoms with Gasteiger partial charge < -0.3 is 15.4 Å². The fourth-order valence-corrected chi connectivity index (χ4v) is 2.28. The molecule has 0 aliphatic rings. The Labute approximate surface area is 132 Å². The van der Waals surface area contributed by atoms with Crippen LogP contribution in [0.15, 0.2) is 29.2 Å². The summed E-state index contributed by atoms with van der Waals surface area (Å²) in [4.78, 5) is 11.7. The largest absolute Gasteiger partial charge is 0.444 e. The normalized spacial score (nSPS) is 11.8. The molecule has 0 fully saturated rings. The van der Waals surface area contributed by atoms with Crippen LogP contribution in [0, 0.1) is 0 Å². The third kappa shape index (κ3) is 7.31. The summed E-state index contributed by atoms with van der Waals surface area (Å²) in [5.41, 5.74) is 0.341. The van der Waals surface area contributed by atoms with Crippen LogP contribution >= 0.6 is 0 Å². The summed E-state index contributed by atoms with van der Waals surface area (Å²) >= 11 is 0. The van der Waals surface area contributed by atoms with Crippen molar-refractivity contribution in [1.29, 1.82) is 0 Å². The molecule has 2 N–H and O–H groups in total. The van der Waals surface area contributed by atoms with E-state index in [4.69, 9.17) is 4.74 Å². The zero-order valence-corrected chi connectivity index (χ0v) is 14.3. The minimum atomic E-state index is -3.16. The van der Waals surface area contributed by atoms with Gasteiger partial charge in [-0.25, -0.2) is 13.2 Å². The topological polar surface area (TPSA) is 84.5 Å². The number of hydrogen-bond acceptors (Lipinski definition) is 5. The van der Waals surface area contributed by atoms with E-state index in [9.17, 15) is 13.2 Å². The molecular weight excluding hydrogens is 304 g/mol. The molecule has 1 rings (SSSR count). The molecule has 22 heavy (non-hydrogen) atoms. The van der Waals surface area contributed by atoms with Crippen LogP contribution in [0.2, 0.25) is 0 Å². The molecule has 1 amide bonds. The summed E-state index contributed by atoms with van der Waals surface area (Å²) in [6, 6.07) is 6.57. The van der Waals surface area contributed by atoms with Crippen LogP contribution in [0.4, 0.5) is 10.5 Å². The Morgan fingerprint density at radius 1 is 1.14 bits per heavy atom. The molecule has 0 spiro atoms. The van der Waals surface area contributed by atoms with Crippen LogP contribution in [0.5, 0.6) is 0 Å². The van der Waals surface area contributed by atoms with Gasteiger partial charge >= 0.3 is 6.09 Å². The van der Waals surface area contributed by atoms with E-state index in [0.717, 1.165) is 12.1 Å². The molecule has 0 heterocycles. The number of nitrogens with one attached hydrogen (secondary N) is 2. The molecule has 1 aromatic rings. The number of hydrogen-bond donors (Lipinski definition) is 2. The molecule has 7 heteroatoms. The molecule has 0 aliphatic heterocycles. The van der Waals surface area contributed by atoms with Crippen molar-refractivity contribution in [2.24, 2.45) is 0 Å². The SMILES string of the molecule is CC(C)(C)OC(=O)NCCCNc1ccc(S(C)(=O)=O)cc1. The first kappa shape index (κ1) is 18.3. The maximum absolute atomic E-state index is 11.4. The Morgan fingerprint density at radius 3 is 2.23 bits per heavy atom. The van der Waals surface area contributed by atoms with Crippen molar-refractivity contribution in [2.45, 2.75) is 37.7 Å². The standard InChI is InChI=1S/C15H24N2O4S/c1-15(2,3)21-14(18)17-11-5-10-16-12-6-8-13(9-7-12)22(4,19)20/h6-9,16H,5,10-11H2,1-4H3,(H,17,18). The Morgan fingerprint density at radius 2 is 1.73 bits per heavy atom. The number of sulfone groups is 1. The smallest absolute Gasteiger partial charge is 0.407 e. The highest BCUT2D eigenvalue weighted by Crippen LogP contribution is 2.13. The van der Waals surface area contributed by atoms with Crippen LogP contribution in [0.25, 0.3) is 0 Å². The highest BCUT2D eigenvalue weighted by atomic mass is 32.2. The van der Waals surface area contributed by atoms with Gasteiger partial charge in [-0.05, 0) is 51.5 Å². The number of carbonyl (C=O) groups is 1. The molecule has 0 saturated carbocycles. The van der Waals surface area contributed by atoms with E-state index in [1.807, 2.05) is 20.8 Å². The lowest BCUT2D eigenvalue weighted by Gasteiger charge is -2.19. The van der Waals surface area contributed by atoms with E-state index in [1.165, 1.54) is 6.26 Å². The molecule has 6 nitrogen and oxygen atoms in total. The van der Waals surface area contributed by atoms with E-state index in [0.29, 0.717) is 18.0 Å². The minimum Gasteiger partial charge on any atom is -0.444 e. The van der Waals surface area contributed by atoms with E-state index < -0.39 is 21.5 Å². The summed E-state index contributed by atoms with van der Waals surface area (Å²) in [7, 11) is -3.16. The third-order valence-electron chi connectivity index (χ3n) is 2.63. The van der Waals surface area contributed by atoms with Crippen LogP contribution in [-0.4, -0.2) is 39.5 Å². The van der Waals surface area contributed by atoms with E-state index in [-0.39, 0.29) is 0 Å². The first-order valence-electron chi connectivity index (χ1n) is 7.09. The Hall–Kier alpha value is -1.76. The summed E-state index contributed by atoms with van der Waals surface area (Å²) in [5.74, 6) is 0. The highest BCUT2D eigenvalue weighted by Gasteiger charge is 2.15. The van der Waals surface area contributed by atoms with Gasteiger partial charge in [-0.15, -0.1) is 0 Å². The molecule has 0 radical (unpaired) electrons. The number of benzene rings is 1. The number of alkyl carbamates (subject to hydrolysis) is 1. The van der Waals surface area contributed by atoms with Gasteiger partial charge in [0, 0.05) is 25.0 Å². The highest BCUT2D eigenvalue weighted by molar-refractivity contribution is 7.90. The molecule has 124 valence electrons. The lowest BCUT2D eigenvalue weighted by molar-refractivity contribution is 0.0528. The summed E-state index contributed by atoms with van der Waals surface area (Å²) < 4.78 is 27.8. The summed E-state index contributed by atoms with van der Waals surface area (Å²) in [6.45, 7) is 6.61. The number of rotatable bonds is 6. The molecule has 1 aromatic carbocycles. The van der Waals surface area contributed by atoms with Crippen molar-refractivity contribution in [3.63, 3.8) is 0 Å². The fourth-order valence-electron chi connectivity index (χ4n) is 1.65. The third-order valence-corrected chi connectivity index (χ3v) is 3.76. The molecule has 0 unspecified atom stereocenters. The number of amides is 1. The average molecular weight is 328 g/mol. The van der Waals surface area contributed by atoms with Crippen molar-refractivity contribution in [3.8, 4) is 0 Å². The Bertz CT molecular complexity index is 589. The minimum absolute atomic E-state index is 0.296. The molecule has 0 atom stereocenters. The zero-order chi connectivity index (χ0) is 16.8. The Balaban J connectivity index is 2.27. The quantitative estimate of drug-likeness (QED) is 0.783. The molecule has 0 bridgehead atoms. The van der Waals surface area contributed by atoms with Gasteiger partial charge in [0.1, 0.15) is 5.60 Å². The van der Waals surface area contributed by atoms with Crippen molar-refractivity contribution in [3.05, 3.63) is 24.3 Å². The van der Waals surface area contributed by atoms with Gasteiger partial charge in [0.15, 0.2) is 9.84 Å². The first-order valence-corrected chi connectivity index (χ1v) is 8.98. The van der Waals surface area contributed by atoms with Gasteiger partial charge in [0.2, 0.25) is 0 Å². The predicted octanol–water partition coefficient (Wildman–Crippen LogP) is 2.42. The van der Waals surface area contributed by atoms with Gasteiger partial charge in [0.05, 0.1) is 4.90 Å². The van der Waals surface area contributed by atoms with Crippen LogP contribution in [0.3, 0.4) is 0 Å².